The van der Waals surface area contributed by atoms with Gasteiger partial charge in [0.2, 0.25) is 0 Å². The van der Waals surface area contributed by atoms with E-state index in [-0.39, 0.29) is 5.91 Å². The monoisotopic (exact) mass is 354 g/mol. The van der Waals surface area contributed by atoms with E-state index >= 15 is 0 Å². The molecule has 1 aromatic heterocycles. The molecule has 1 amide bonds. The molecule has 1 saturated heterocycles. The third-order valence-corrected chi connectivity index (χ3v) is 4.77. The number of ether oxygens (including phenoxy) is 2. The topological polar surface area (TPSA) is 51.7 Å². The van der Waals surface area contributed by atoms with Crippen molar-refractivity contribution >= 4 is 5.91 Å². The number of carbonyl (C=O) groups is 1. The first-order valence-corrected chi connectivity index (χ1v) is 9.25. The van der Waals surface area contributed by atoms with E-state index in [1.54, 1.807) is 12.4 Å². The maximum absolute atomic E-state index is 12.6. The van der Waals surface area contributed by atoms with Crippen molar-refractivity contribution in [1.29, 1.82) is 0 Å². The Hall–Kier alpha value is -2.56. The van der Waals surface area contributed by atoms with Crippen molar-refractivity contribution in [3.8, 4) is 11.5 Å². The van der Waals surface area contributed by atoms with Gasteiger partial charge in [-0.05, 0) is 56.4 Å². The first-order valence-electron chi connectivity index (χ1n) is 9.25. The summed E-state index contributed by atoms with van der Waals surface area (Å²) in [6.45, 7) is 4.11. The maximum Gasteiger partial charge on any atom is 0.263 e. The lowest BCUT2D eigenvalue weighted by Crippen LogP contribution is -2.44. The molecule has 0 bridgehead atoms. The predicted octanol–water partition coefficient (Wildman–Crippen LogP) is 3.56. The van der Waals surface area contributed by atoms with Crippen molar-refractivity contribution < 1.29 is 14.3 Å². The van der Waals surface area contributed by atoms with Crippen LogP contribution >= 0.6 is 0 Å². The zero-order valence-electron chi connectivity index (χ0n) is 15.2. The molecule has 2 aromatic rings. The summed E-state index contributed by atoms with van der Waals surface area (Å²) in [4.78, 5) is 18.5. The van der Waals surface area contributed by atoms with Crippen LogP contribution in [0.3, 0.4) is 0 Å². The molecule has 5 heteroatoms. The predicted molar refractivity (Wildman–Crippen MR) is 100 cm³/mol. The first-order chi connectivity index (χ1) is 12.7. The second kappa shape index (κ2) is 9.22. The number of amides is 1. The second-order valence-corrected chi connectivity index (χ2v) is 6.66. The van der Waals surface area contributed by atoms with Crippen LogP contribution in [0, 0.1) is 5.92 Å². The number of hydrogen-bond donors (Lipinski definition) is 0. The van der Waals surface area contributed by atoms with Gasteiger partial charge in [0.05, 0.1) is 6.61 Å². The number of para-hydroxylation sites is 1. The highest BCUT2D eigenvalue weighted by molar-refractivity contribution is 5.81. The van der Waals surface area contributed by atoms with Crippen LogP contribution in [-0.2, 0) is 4.79 Å². The Bertz CT molecular complexity index is 670. The van der Waals surface area contributed by atoms with E-state index in [0.717, 1.165) is 43.9 Å². The Labute approximate surface area is 155 Å². The van der Waals surface area contributed by atoms with Gasteiger partial charge in [-0.2, -0.15) is 0 Å². The fourth-order valence-electron chi connectivity index (χ4n) is 3.23. The van der Waals surface area contributed by atoms with Crippen molar-refractivity contribution in [2.45, 2.75) is 32.3 Å². The van der Waals surface area contributed by atoms with E-state index in [2.05, 4.69) is 4.98 Å². The van der Waals surface area contributed by atoms with Crippen LogP contribution in [0.1, 0.15) is 26.2 Å². The van der Waals surface area contributed by atoms with Gasteiger partial charge >= 0.3 is 0 Å². The molecule has 0 saturated carbocycles. The van der Waals surface area contributed by atoms with Gasteiger partial charge in [-0.3, -0.25) is 9.78 Å². The molecule has 26 heavy (non-hydrogen) atoms. The summed E-state index contributed by atoms with van der Waals surface area (Å²) in [7, 11) is 0. The van der Waals surface area contributed by atoms with Gasteiger partial charge in [0.15, 0.2) is 6.10 Å². The molecule has 2 heterocycles. The molecule has 138 valence electrons. The van der Waals surface area contributed by atoms with E-state index in [9.17, 15) is 4.79 Å². The minimum Gasteiger partial charge on any atom is -0.493 e. The number of piperidine rings is 1. The Morgan fingerprint density at radius 1 is 1.12 bits per heavy atom. The lowest BCUT2D eigenvalue weighted by Gasteiger charge is -2.33. The van der Waals surface area contributed by atoms with Gasteiger partial charge in [-0.15, -0.1) is 0 Å². The van der Waals surface area contributed by atoms with Gasteiger partial charge in [0.1, 0.15) is 11.5 Å². The van der Waals surface area contributed by atoms with E-state index in [1.165, 1.54) is 0 Å². The quantitative estimate of drug-likeness (QED) is 0.763. The fraction of sp³-hybridized carbons (Fsp3) is 0.429. The summed E-state index contributed by atoms with van der Waals surface area (Å²) in [5, 5.41) is 0. The Balaban J connectivity index is 1.38. The molecule has 1 aliphatic rings. The average Bonchev–Trinajstić information content (AvgIpc) is 2.69. The van der Waals surface area contributed by atoms with Gasteiger partial charge in [0.25, 0.3) is 5.91 Å². The third kappa shape index (κ3) is 5.22. The molecule has 1 aliphatic heterocycles. The molecule has 1 unspecified atom stereocenters. The zero-order chi connectivity index (χ0) is 18.2. The molecule has 0 N–H and O–H groups in total. The Kier molecular flexibility index (Phi) is 6.47. The molecule has 0 spiro atoms. The Morgan fingerprint density at radius 3 is 2.50 bits per heavy atom. The summed E-state index contributed by atoms with van der Waals surface area (Å²) in [6.07, 6.45) is 6.06. The number of aromatic nitrogens is 1. The first kappa shape index (κ1) is 18.2. The number of carbonyl (C=O) groups excluding carboxylic acids is 1. The Morgan fingerprint density at radius 2 is 1.81 bits per heavy atom. The van der Waals surface area contributed by atoms with Gasteiger partial charge in [-0.1, -0.05) is 18.2 Å². The highest BCUT2D eigenvalue weighted by Crippen LogP contribution is 2.22. The van der Waals surface area contributed by atoms with Crippen molar-refractivity contribution in [2.75, 3.05) is 19.7 Å². The lowest BCUT2D eigenvalue weighted by atomic mass is 9.93. The number of likely N-dealkylation sites (tertiary alicyclic amines) is 1. The summed E-state index contributed by atoms with van der Waals surface area (Å²) in [6, 6.07) is 13.2. The lowest BCUT2D eigenvalue weighted by molar-refractivity contribution is -0.139. The smallest absolute Gasteiger partial charge is 0.263 e. The van der Waals surface area contributed by atoms with Crippen LogP contribution in [0.15, 0.2) is 54.9 Å². The highest BCUT2D eigenvalue weighted by atomic mass is 16.5. The zero-order valence-corrected chi connectivity index (χ0v) is 15.2. The van der Waals surface area contributed by atoms with Crippen LogP contribution in [-0.4, -0.2) is 41.6 Å². The van der Waals surface area contributed by atoms with E-state index < -0.39 is 6.10 Å². The van der Waals surface area contributed by atoms with E-state index in [4.69, 9.17) is 9.47 Å². The second-order valence-electron chi connectivity index (χ2n) is 6.66. The van der Waals surface area contributed by atoms with Crippen molar-refractivity contribution in [3.05, 3.63) is 54.9 Å². The number of pyridine rings is 1. The van der Waals surface area contributed by atoms with Crippen LogP contribution in [0.2, 0.25) is 0 Å². The molecule has 5 nitrogen and oxygen atoms in total. The fourth-order valence-corrected chi connectivity index (χ4v) is 3.23. The molecular weight excluding hydrogens is 328 g/mol. The SMILES string of the molecule is CC(Oc1ccccc1)C(=O)N1CCC(CCOc2ccncc2)CC1. The molecule has 1 fully saturated rings. The summed E-state index contributed by atoms with van der Waals surface area (Å²) >= 11 is 0. The third-order valence-electron chi connectivity index (χ3n) is 4.77. The van der Waals surface area contributed by atoms with Crippen molar-refractivity contribution in [1.82, 2.24) is 9.88 Å². The molecular formula is C21H26N2O3. The van der Waals surface area contributed by atoms with Gasteiger partial charge in [0, 0.05) is 25.5 Å². The molecule has 1 aromatic carbocycles. The van der Waals surface area contributed by atoms with Crippen LogP contribution in [0.4, 0.5) is 0 Å². The van der Waals surface area contributed by atoms with E-state index in [1.807, 2.05) is 54.3 Å². The summed E-state index contributed by atoms with van der Waals surface area (Å²) in [5.74, 6) is 2.27. The molecule has 1 atom stereocenters. The van der Waals surface area contributed by atoms with Crippen LogP contribution in [0.25, 0.3) is 0 Å². The summed E-state index contributed by atoms with van der Waals surface area (Å²) in [5.41, 5.74) is 0. The van der Waals surface area contributed by atoms with Gasteiger partial charge in [-0.25, -0.2) is 0 Å². The average molecular weight is 354 g/mol. The summed E-state index contributed by atoms with van der Waals surface area (Å²) < 4.78 is 11.5. The van der Waals surface area contributed by atoms with Crippen molar-refractivity contribution in [3.63, 3.8) is 0 Å². The van der Waals surface area contributed by atoms with Crippen molar-refractivity contribution in [2.24, 2.45) is 5.92 Å². The van der Waals surface area contributed by atoms with E-state index in [0.29, 0.717) is 12.5 Å². The highest BCUT2D eigenvalue weighted by Gasteiger charge is 2.26. The largest absolute Gasteiger partial charge is 0.493 e. The van der Waals surface area contributed by atoms with Crippen LogP contribution in [0.5, 0.6) is 11.5 Å². The number of hydrogen-bond acceptors (Lipinski definition) is 4. The van der Waals surface area contributed by atoms with Gasteiger partial charge < -0.3 is 14.4 Å². The number of rotatable bonds is 7. The van der Waals surface area contributed by atoms with Crippen LogP contribution < -0.4 is 9.47 Å². The molecule has 0 radical (unpaired) electrons. The normalized spacial score (nSPS) is 16.1. The standard InChI is InChI=1S/C21H26N2O3/c1-17(26-20-5-3-2-4-6-20)21(24)23-14-9-18(10-15-23)11-16-25-19-7-12-22-13-8-19/h2-8,12-13,17-18H,9-11,14-16H2,1H3. The molecule has 3 rings (SSSR count). The number of benzene rings is 1. The maximum atomic E-state index is 12.6. The minimum absolute atomic E-state index is 0.0698. The molecule has 0 aliphatic carbocycles. The number of nitrogens with zero attached hydrogens (tertiary/aromatic N) is 2. The minimum atomic E-state index is -0.455.